The van der Waals surface area contributed by atoms with Crippen LogP contribution in [0.15, 0.2) is 42.5 Å². The number of rotatable bonds is 6. The van der Waals surface area contributed by atoms with Crippen molar-refractivity contribution in [2.24, 2.45) is 5.73 Å². The van der Waals surface area contributed by atoms with Crippen molar-refractivity contribution in [2.75, 3.05) is 13.7 Å². The van der Waals surface area contributed by atoms with E-state index in [1.807, 2.05) is 36.4 Å². The first kappa shape index (κ1) is 14.9. The minimum Gasteiger partial charge on any atom is -0.493 e. The quantitative estimate of drug-likeness (QED) is 0.884. The van der Waals surface area contributed by atoms with Crippen LogP contribution < -0.4 is 15.2 Å². The van der Waals surface area contributed by atoms with Crippen LogP contribution in [0, 0.1) is 11.3 Å². The lowest BCUT2D eigenvalue weighted by Crippen LogP contribution is -2.04. The number of nitrogens with zero attached hydrogens (tertiary/aromatic N) is 1. The van der Waals surface area contributed by atoms with Crippen LogP contribution in [0.5, 0.6) is 11.5 Å². The molecule has 0 aromatic heterocycles. The smallest absolute Gasteiger partial charge is 0.161 e. The van der Waals surface area contributed by atoms with Crippen LogP contribution in [-0.2, 0) is 13.0 Å². The summed E-state index contributed by atoms with van der Waals surface area (Å²) in [5.74, 6) is 1.33. The summed E-state index contributed by atoms with van der Waals surface area (Å²) < 4.78 is 11.1. The van der Waals surface area contributed by atoms with Crippen LogP contribution in [-0.4, -0.2) is 13.7 Å². The van der Waals surface area contributed by atoms with Crippen molar-refractivity contribution < 1.29 is 9.47 Å². The lowest BCUT2D eigenvalue weighted by atomic mass is 10.1. The van der Waals surface area contributed by atoms with Crippen molar-refractivity contribution in [2.45, 2.75) is 13.0 Å². The molecule has 2 aromatic carbocycles. The average molecular weight is 282 g/mol. The molecule has 0 aliphatic heterocycles. The Hall–Kier alpha value is -2.51. The first-order valence-electron chi connectivity index (χ1n) is 6.76. The SMILES string of the molecule is COc1cc(CCN)ccc1OCc1ccccc1C#N. The van der Waals surface area contributed by atoms with Crippen molar-refractivity contribution in [1.29, 1.82) is 5.26 Å². The van der Waals surface area contributed by atoms with E-state index >= 15 is 0 Å². The van der Waals surface area contributed by atoms with Gasteiger partial charge in [0.2, 0.25) is 0 Å². The fourth-order valence-corrected chi connectivity index (χ4v) is 2.06. The van der Waals surface area contributed by atoms with Gasteiger partial charge in [-0.25, -0.2) is 0 Å². The molecule has 0 aliphatic rings. The Kier molecular flexibility index (Phi) is 5.19. The third kappa shape index (κ3) is 3.74. The molecular formula is C17H18N2O2. The van der Waals surface area contributed by atoms with Crippen LogP contribution in [0.3, 0.4) is 0 Å². The molecule has 0 saturated carbocycles. The topological polar surface area (TPSA) is 68.3 Å². The van der Waals surface area contributed by atoms with E-state index in [2.05, 4.69) is 6.07 Å². The molecule has 0 unspecified atom stereocenters. The van der Waals surface area contributed by atoms with Gasteiger partial charge in [-0.2, -0.15) is 5.26 Å². The summed E-state index contributed by atoms with van der Waals surface area (Å²) in [5, 5.41) is 9.07. The van der Waals surface area contributed by atoms with Gasteiger partial charge in [0.25, 0.3) is 0 Å². The van der Waals surface area contributed by atoms with E-state index in [1.54, 1.807) is 13.2 Å². The number of methoxy groups -OCH3 is 1. The number of nitriles is 1. The van der Waals surface area contributed by atoms with Crippen LogP contribution >= 0.6 is 0 Å². The van der Waals surface area contributed by atoms with E-state index in [-0.39, 0.29) is 0 Å². The maximum absolute atomic E-state index is 9.07. The van der Waals surface area contributed by atoms with E-state index in [1.165, 1.54) is 0 Å². The lowest BCUT2D eigenvalue weighted by molar-refractivity contribution is 0.284. The molecule has 0 fully saturated rings. The summed E-state index contributed by atoms with van der Waals surface area (Å²) in [6, 6.07) is 15.3. The molecule has 2 aromatic rings. The van der Waals surface area contributed by atoms with Gasteiger partial charge in [-0.15, -0.1) is 0 Å². The maximum atomic E-state index is 9.07. The highest BCUT2D eigenvalue weighted by Gasteiger charge is 2.07. The van der Waals surface area contributed by atoms with Crippen LogP contribution in [0.1, 0.15) is 16.7 Å². The van der Waals surface area contributed by atoms with E-state index in [0.717, 1.165) is 17.5 Å². The molecule has 0 radical (unpaired) electrons. The van der Waals surface area contributed by atoms with Crippen molar-refractivity contribution in [3.8, 4) is 17.6 Å². The predicted molar refractivity (Wildman–Crippen MR) is 81.2 cm³/mol. The molecule has 0 amide bonds. The zero-order chi connectivity index (χ0) is 15.1. The van der Waals surface area contributed by atoms with Gasteiger partial charge in [0.1, 0.15) is 6.61 Å². The van der Waals surface area contributed by atoms with E-state index in [0.29, 0.717) is 30.2 Å². The summed E-state index contributed by atoms with van der Waals surface area (Å²) in [6.07, 6.45) is 0.800. The average Bonchev–Trinajstić information content (AvgIpc) is 2.54. The highest BCUT2D eigenvalue weighted by atomic mass is 16.5. The third-order valence-electron chi connectivity index (χ3n) is 3.18. The second kappa shape index (κ2) is 7.32. The highest BCUT2D eigenvalue weighted by molar-refractivity contribution is 5.44. The minimum absolute atomic E-state index is 0.330. The predicted octanol–water partition coefficient (Wildman–Crippen LogP) is 2.65. The number of ether oxygens (including phenoxy) is 2. The van der Waals surface area contributed by atoms with Gasteiger partial charge in [-0.1, -0.05) is 24.3 Å². The van der Waals surface area contributed by atoms with Crippen molar-refractivity contribution in [1.82, 2.24) is 0 Å². The van der Waals surface area contributed by atoms with Crippen molar-refractivity contribution >= 4 is 0 Å². The molecule has 4 heteroatoms. The molecule has 4 nitrogen and oxygen atoms in total. The second-order valence-corrected chi connectivity index (χ2v) is 4.58. The van der Waals surface area contributed by atoms with Gasteiger partial charge in [0.05, 0.1) is 18.7 Å². The normalized spacial score (nSPS) is 9.95. The molecule has 0 heterocycles. The second-order valence-electron chi connectivity index (χ2n) is 4.58. The van der Waals surface area contributed by atoms with Gasteiger partial charge < -0.3 is 15.2 Å². The van der Waals surface area contributed by atoms with Crippen LogP contribution in [0.25, 0.3) is 0 Å². The Labute approximate surface area is 124 Å². The van der Waals surface area contributed by atoms with Crippen molar-refractivity contribution in [3.05, 3.63) is 59.2 Å². The molecular weight excluding hydrogens is 264 g/mol. The Bertz CT molecular complexity index is 647. The van der Waals surface area contributed by atoms with Gasteiger partial charge in [-0.05, 0) is 36.7 Å². The largest absolute Gasteiger partial charge is 0.493 e. The lowest BCUT2D eigenvalue weighted by Gasteiger charge is -2.12. The van der Waals surface area contributed by atoms with Gasteiger partial charge in [-0.3, -0.25) is 0 Å². The number of benzene rings is 2. The first-order valence-corrected chi connectivity index (χ1v) is 6.76. The zero-order valence-electron chi connectivity index (χ0n) is 12.0. The van der Waals surface area contributed by atoms with Gasteiger partial charge in [0, 0.05) is 5.56 Å². The molecule has 21 heavy (non-hydrogen) atoms. The molecule has 0 atom stereocenters. The molecule has 2 rings (SSSR count). The van der Waals surface area contributed by atoms with Gasteiger partial charge >= 0.3 is 0 Å². The Morgan fingerprint density at radius 3 is 2.67 bits per heavy atom. The maximum Gasteiger partial charge on any atom is 0.161 e. The number of hydrogen-bond donors (Lipinski definition) is 1. The molecule has 0 bridgehead atoms. The van der Waals surface area contributed by atoms with Crippen LogP contribution in [0.4, 0.5) is 0 Å². The zero-order valence-corrected chi connectivity index (χ0v) is 12.0. The summed E-state index contributed by atoms with van der Waals surface area (Å²) in [6.45, 7) is 0.926. The highest BCUT2D eigenvalue weighted by Crippen LogP contribution is 2.29. The van der Waals surface area contributed by atoms with Crippen molar-refractivity contribution in [3.63, 3.8) is 0 Å². The molecule has 108 valence electrons. The van der Waals surface area contributed by atoms with E-state index < -0.39 is 0 Å². The fourth-order valence-electron chi connectivity index (χ4n) is 2.06. The van der Waals surface area contributed by atoms with E-state index in [9.17, 15) is 0 Å². The minimum atomic E-state index is 0.330. The monoisotopic (exact) mass is 282 g/mol. The van der Waals surface area contributed by atoms with Crippen LogP contribution in [0.2, 0.25) is 0 Å². The molecule has 0 spiro atoms. The summed E-state index contributed by atoms with van der Waals surface area (Å²) >= 11 is 0. The number of hydrogen-bond acceptors (Lipinski definition) is 4. The summed E-state index contributed by atoms with van der Waals surface area (Å²) in [4.78, 5) is 0. The molecule has 0 saturated heterocycles. The summed E-state index contributed by atoms with van der Waals surface area (Å²) in [5.41, 5.74) is 8.14. The molecule has 2 N–H and O–H groups in total. The molecule has 0 aliphatic carbocycles. The Balaban J connectivity index is 2.14. The van der Waals surface area contributed by atoms with E-state index in [4.69, 9.17) is 20.5 Å². The first-order chi connectivity index (χ1) is 10.3. The Morgan fingerprint density at radius 1 is 1.14 bits per heavy atom. The fraction of sp³-hybridized carbons (Fsp3) is 0.235. The number of nitrogens with two attached hydrogens (primary N) is 1. The Morgan fingerprint density at radius 2 is 1.95 bits per heavy atom. The summed E-state index contributed by atoms with van der Waals surface area (Å²) in [7, 11) is 1.61. The third-order valence-corrected chi connectivity index (χ3v) is 3.18. The van der Waals surface area contributed by atoms with Gasteiger partial charge in [0.15, 0.2) is 11.5 Å². The standard InChI is InChI=1S/C17H18N2O2/c1-20-17-10-13(8-9-18)6-7-16(17)21-12-15-5-3-2-4-14(15)11-19/h2-7,10H,8-9,12,18H2,1H3.